The Morgan fingerprint density at radius 3 is 2.13 bits per heavy atom. The summed E-state index contributed by atoms with van der Waals surface area (Å²) >= 11 is 5.57. The van der Waals surface area contributed by atoms with Gasteiger partial charge in [0.1, 0.15) is 0 Å². The van der Waals surface area contributed by atoms with Crippen molar-refractivity contribution in [1.82, 2.24) is 0 Å². The fourth-order valence-electron chi connectivity index (χ4n) is 0.980. The van der Waals surface area contributed by atoms with Gasteiger partial charge in [-0.3, -0.25) is 0 Å². The van der Waals surface area contributed by atoms with Crippen LogP contribution in [0.2, 0.25) is 5.02 Å². The molecule has 0 aliphatic heterocycles. The monoisotopic (exact) mass is 234 g/mol. The summed E-state index contributed by atoms with van der Waals surface area (Å²) in [6, 6.07) is 4.73. The maximum absolute atomic E-state index is 12.3. The van der Waals surface area contributed by atoms with Crippen molar-refractivity contribution < 1.29 is 8.78 Å². The molecule has 15 heavy (non-hydrogen) atoms. The Kier molecular flexibility index (Phi) is 7.31. The number of hydrogen-bond donors (Lipinski definition) is 0. The van der Waals surface area contributed by atoms with Crippen molar-refractivity contribution in [2.24, 2.45) is 0 Å². The molecule has 0 N–H and O–H groups in total. The van der Waals surface area contributed by atoms with Crippen LogP contribution in [0.1, 0.15) is 44.7 Å². The van der Waals surface area contributed by atoms with E-state index in [0.717, 1.165) is 12.0 Å². The predicted molar refractivity (Wildman–Crippen MR) is 61.8 cm³/mol. The van der Waals surface area contributed by atoms with Crippen LogP contribution in [0, 0.1) is 0 Å². The van der Waals surface area contributed by atoms with Crippen molar-refractivity contribution >= 4 is 11.6 Å². The van der Waals surface area contributed by atoms with E-state index < -0.39 is 6.43 Å². The molecule has 0 aliphatic carbocycles. The molecule has 0 saturated carbocycles. The van der Waals surface area contributed by atoms with Gasteiger partial charge in [0.25, 0.3) is 6.43 Å². The first-order valence-corrected chi connectivity index (χ1v) is 5.50. The van der Waals surface area contributed by atoms with Crippen LogP contribution in [0.5, 0.6) is 0 Å². The molecular formula is C12H17ClF2. The third-order valence-electron chi connectivity index (χ3n) is 1.70. The highest BCUT2D eigenvalue weighted by Crippen LogP contribution is 2.27. The molecule has 0 fully saturated rings. The Bertz CT molecular complexity index is 285. The van der Waals surface area contributed by atoms with Crippen LogP contribution >= 0.6 is 11.6 Å². The van der Waals surface area contributed by atoms with Crippen molar-refractivity contribution in [3.05, 3.63) is 34.3 Å². The summed E-state index contributed by atoms with van der Waals surface area (Å²) in [6.45, 7) is 6.17. The molecule has 3 heteroatoms. The fourth-order valence-corrected chi connectivity index (χ4v) is 1.18. The number of rotatable bonds is 2. The predicted octanol–water partition coefficient (Wildman–Crippen LogP) is 5.26. The Morgan fingerprint density at radius 1 is 1.20 bits per heavy atom. The van der Waals surface area contributed by atoms with Gasteiger partial charge in [-0.25, -0.2) is 8.78 Å². The minimum absolute atomic E-state index is 0.0731. The Hall–Kier alpha value is -0.630. The van der Waals surface area contributed by atoms with E-state index in [1.54, 1.807) is 6.07 Å². The summed E-state index contributed by atoms with van der Waals surface area (Å²) in [4.78, 5) is 0. The summed E-state index contributed by atoms with van der Waals surface area (Å²) in [5.74, 6) is 0. The molecule has 0 atom stereocenters. The third kappa shape index (κ3) is 5.12. The fraction of sp³-hybridized carbons (Fsp3) is 0.500. The molecule has 0 aliphatic rings. The second-order valence-corrected chi connectivity index (χ2v) is 3.62. The van der Waals surface area contributed by atoms with Crippen LogP contribution in [-0.4, -0.2) is 0 Å². The standard InChI is InChI=1S/C9H9ClF2.C3H8/c1-2-6-3-4-8(10)7(5-6)9(11)12;1-3-2/h3-5,9H,2H2,1H3;3H2,1-2H3. The third-order valence-corrected chi connectivity index (χ3v) is 2.05. The largest absolute Gasteiger partial charge is 0.265 e. The van der Waals surface area contributed by atoms with Crippen LogP contribution in [0.4, 0.5) is 8.78 Å². The van der Waals surface area contributed by atoms with E-state index in [2.05, 4.69) is 13.8 Å². The lowest BCUT2D eigenvalue weighted by Gasteiger charge is -2.04. The average molecular weight is 235 g/mol. The van der Waals surface area contributed by atoms with Gasteiger partial charge in [-0.15, -0.1) is 0 Å². The van der Waals surface area contributed by atoms with Crippen LogP contribution in [0.3, 0.4) is 0 Å². The zero-order valence-corrected chi connectivity index (χ0v) is 10.1. The van der Waals surface area contributed by atoms with Gasteiger partial charge in [-0.05, 0) is 24.1 Å². The maximum Gasteiger partial charge on any atom is 0.265 e. The van der Waals surface area contributed by atoms with E-state index in [0.29, 0.717) is 0 Å². The van der Waals surface area contributed by atoms with Crippen molar-refractivity contribution in [3.8, 4) is 0 Å². The molecule has 0 spiro atoms. The molecular weight excluding hydrogens is 218 g/mol. The first-order chi connectivity index (χ1) is 7.06. The first-order valence-electron chi connectivity index (χ1n) is 5.13. The molecule has 1 rings (SSSR count). The molecule has 0 bridgehead atoms. The van der Waals surface area contributed by atoms with Gasteiger partial charge in [-0.2, -0.15) is 0 Å². The van der Waals surface area contributed by atoms with Gasteiger partial charge < -0.3 is 0 Å². The minimum Gasteiger partial charge on any atom is -0.205 e. The van der Waals surface area contributed by atoms with E-state index >= 15 is 0 Å². The summed E-state index contributed by atoms with van der Waals surface area (Å²) < 4.78 is 24.5. The number of benzene rings is 1. The number of halogens is 3. The second-order valence-electron chi connectivity index (χ2n) is 3.22. The summed E-state index contributed by atoms with van der Waals surface area (Å²) in [5, 5.41) is 0.141. The van der Waals surface area contributed by atoms with Gasteiger partial charge in [0.05, 0.1) is 0 Å². The first kappa shape index (κ1) is 14.4. The molecule has 0 saturated heterocycles. The van der Waals surface area contributed by atoms with E-state index in [9.17, 15) is 8.78 Å². The molecule has 0 unspecified atom stereocenters. The van der Waals surface area contributed by atoms with Crippen molar-refractivity contribution in [2.75, 3.05) is 0 Å². The molecule has 86 valence electrons. The van der Waals surface area contributed by atoms with Gasteiger partial charge in [0, 0.05) is 10.6 Å². The van der Waals surface area contributed by atoms with Gasteiger partial charge in [0.2, 0.25) is 0 Å². The van der Waals surface area contributed by atoms with E-state index in [-0.39, 0.29) is 10.6 Å². The molecule has 1 aromatic rings. The molecule has 1 aromatic carbocycles. The van der Waals surface area contributed by atoms with E-state index in [1.807, 2.05) is 6.92 Å². The van der Waals surface area contributed by atoms with Crippen LogP contribution in [0.25, 0.3) is 0 Å². The SMILES string of the molecule is CCC.CCc1ccc(Cl)c(C(F)F)c1. The number of hydrogen-bond acceptors (Lipinski definition) is 0. The summed E-state index contributed by atoms with van der Waals surface area (Å²) in [7, 11) is 0. The average Bonchev–Trinajstić information content (AvgIpc) is 2.19. The maximum atomic E-state index is 12.3. The van der Waals surface area contributed by atoms with Gasteiger partial charge in [0.15, 0.2) is 0 Å². The van der Waals surface area contributed by atoms with Crippen LogP contribution in [0.15, 0.2) is 18.2 Å². The number of alkyl halides is 2. The summed E-state index contributed by atoms with van der Waals surface area (Å²) in [5.41, 5.74) is 0.811. The highest BCUT2D eigenvalue weighted by Gasteiger charge is 2.11. The molecule has 0 radical (unpaired) electrons. The zero-order valence-electron chi connectivity index (χ0n) is 9.36. The van der Waals surface area contributed by atoms with Crippen molar-refractivity contribution in [3.63, 3.8) is 0 Å². The number of aryl methyl sites for hydroxylation is 1. The Balaban J connectivity index is 0.000000583. The van der Waals surface area contributed by atoms with E-state index in [4.69, 9.17) is 11.6 Å². The lowest BCUT2D eigenvalue weighted by atomic mass is 10.1. The molecule has 0 amide bonds. The Morgan fingerprint density at radius 2 is 1.73 bits per heavy atom. The normalized spacial score (nSPS) is 9.80. The van der Waals surface area contributed by atoms with Crippen LogP contribution in [-0.2, 0) is 6.42 Å². The van der Waals surface area contributed by atoms with Crippen LogP contribution < -0.4 is 0 Å². The lowest BCUT2D eigenvalue weighted by Crippen LogP contribution is -1.88. The van der Waals surface area contributed by atoms with E-state index in [1.165, 1.54) is 18.6 Å². The van der Waals surface area contributed by atoms with Crippen molar-refractivity contribution in [2.45, 2.75) is 40.0 Å². The topological polar surface area (TPSA) is 0 Å². The van der Waals surface area contributed by atoms with Gasteiger partial charge in [-0.1, -0.05) is 44.9 Å². The Labute approximate surface area is 95.3 Å². The highest BCUT2D eigenvalue weighted by molar-refractivity contribution is 6.31. The lowest BCUT2D eigenvalue weighted by molar-refractivity contribution is 0.151. The highest BCUT2D eigenvalue weighted by atomic mass is 35.5. The smallest absolute Gasteiger partial charge is 0.205 e. The second kappa shape index (κ2) is 7.63. The zero-order chi connectivity index (χ0) is 11.8. The minimum atomic E-state index is -2.48. The molecule has 0 heterocycles. The molecule has 0 nitrogen and oxygen atoms in total. The molecule has 0 aromatic heterocycles. The van der Waals surface area contributed by atoms with Crippen molar-refractivity contribution in [1.29, 1.82) is 0 Å². The van der Waals surface area contributed by atoms with Gasteiger partial charge >= 0.3 is 0 Å². The summed E-state index contributed by atoms with van der Waals surface area (Å²) in [6.07, 6.45) is -0.485. The quantitative estimate of drug-likeness (QED) is 0.655.